The first-order valence-corrected chi connectivity index (χ1v) is 8.72. The number of nitrogens with two attached hydrogens (primary N) is 1. The monoisotopic (exact) mass is 362 g/mol. The minimum Gasteiger partial charge on any atom is -0.330 e. The minimum atomic E-state index is -3.02. The molecule has 1 heterocycles. The van der Waals surface area contributed by atoms with Gasteiger partial charge in [0.15, 0.2) is 9.84 Å². The third-order valence-corrected chi connectivity index (χ3v) is 6.33. The van der Waals surface area contributed by atoms with Gasteiger partial charge in [-0.1, -0.05) is 22.0 Å². The standard InChI is InChI=1S/C12H15BrN2O4S/c13-11-5-10(15(16)17)2-1-9(11)6-12(7-14)3-4-20(18,19)8-12/h1-2,5H,3-4,6-8,14H2. The van der Waals surface area contributed by atoms with Gasteiger partial charge in [0.05, 0.1) is 16.4 Å². The summed E-state index contributed by atoms with van der Waals surface area (Å²) in [7, 11) is -3.02. The lowest BCUT2D eigenvalue weighted by Gasteiger charge is -2.26. The highest BCUT2D eigenvalue weighted by Gasteiger charge is 2.41. The average Bonchev–Trinajstić information content (AvgIpc) is 2.68. The fourth-order valence-electron chi connectivity index (χ4n) is 2.55. The molecule has 1 aromatic carbocycles. The van der Waals surface area contributed by atoms with E-state index in [4.69, 9.17) is 5.73 Å². The van der Waals surface area contributed by atoms with E-state index < -0.39 is 20.2 Å². The van der Waals surface area contributed by atoms with Crippen LogP contribution < -0.4 is 5.73 Å². The van der Waals surface area contributed by atoms with E-state index in [1.54, 1.807) is 6.07 Å². The third kappa shape index (κ3) is 3.18. The first-order valence-electron chi connectivity index (χ1n) is 6.10. The van der Waals surface area contributed by atoms with Gasteiger partial charge >= 0.3 is 0 Å². The molecule has 0 spiro atoms. The lowest BCUT2D eigenvalue weighted by Crippen LogP contribution is -2.34. The Hall–Kier alpha value is -0.990. The number of non-ortho nitro benzene ring substituents is 1. The molecule has 110 valence electrons. The summed E-state index contributed by atoms with van der Waals surface area (Å²) in [5.74, 6) is 0.245. The summed E-state index contributed by atoms with van der Waals surface area (Å²) < 4.78 is 23.9. The fourth-order valence-corrected chi connectivity index (χ4v) is 5.25. The maximum Gasteiger partial charge on any atom is 0.270 e. The molecule has 2 rings (SSSR count). The maximum absolute atomic E-state index is 11.7. The molecule has 0 saturated carbocycles. The fraction of sp³-hybridized carbons (Fsp3) is 0.500. The van der Waals surface area contributed by atoms with E-state index in [1.807, 2.05) is 0 Å². The molecule has 1 fully saturated rings. The molecule has 2 N–H and O–H groups in total. The SMILES string of the molecule is NCC1(Cc2ccc([N+](=O)[O-])cc2Br)CCS(=O)(=O)C1. The number of hydrogen-bond donors (Lipinski definition) is 1. The van der Waals surface area contributed by atoms with Crippen molar-refractivity contribution >= 4 is 31.5 Å². The van der Waals surface area contributed by atoms with Crippen LogP contribution in [0, 0.1) is 15.5 Å². The van der Waals surface area contributed by atoms with Gasteiger partial charge in [0.1, 0.15) is 0 Å². The second kappa shape index (κ2) is 5.42. The molecule has 0 bridgehead atoms. The van der Waals surface area contributed by atoms with Crippen molar-refractivity contribution in [2.24, 2.45) is 11.1 Å². The normalized spacial score (nSPS) is 24.7. The van der Waals surface area contributed by atoms with Crippen molar-refractivity contribution < 1.29 is 13.3 Å². The summed E-state index contributed by atoms with van der Waals surface area (Å²) in [5.41, 5.74) is 6.16. The Labute approximate surface area is 125 Å². The second-order valence-electron chi connectivity index (χ2n) is 5.26. The highest BCUT2D eigenvalue weighted by atomic mass is 79.9. The summed E-state index contributed by atoms with van der Waals surface area (Å²) in [6, 6.07) is 4.52. The van der Waals surface area contributed by atoms with Crippen LogP contribution in [-0.4, -0.2) is 31.4 Å². The highest BCUT2D eigenvalue weighted by molar-refractivity contribution is 9.10. The van der Waals surface area contributed by atoms with Gasteiger partial charge in [-0.3, -0.25) is 10.1 Å². The molecule has 1 aliphatic heterocycles. The molecule has 1 atom stereocenters. The second-order valence-corrected chi connectivity index (χ2v) is 8.29. The van der Waals surface area contributed by atoms with E-state index in [1.165, 1.54) is 12.1 Å². The molecular formula is C12H15BrN2O4S. The van der Waals surface area contributed by atoms with Crippen LogP contribution in [0.4, 0.5) is 5.69 Å². The van der Waals surface area contributed by atoms with Crippen LogP contribution in [0.3, 0.4) is 0 Å². The Bertz CT molecular complexity index is 647. The predicted octanol–water partition coefficient (Wildman–Crippen LogP) is 1.66. The summed E-state index contributed by atoms with van der Waals surface area (Å²) in [6.45, 7) is 0.287. The number of nitro benzene ring substituents is 1. The summed E-state index contributed by atoms with van der Waals surface area (Å²) >= 11 is 3.31. The number of benzene rings is 1. The van der Waals surface area contributed by atoms with Gasteiger partial charge in [0.2, 0.25) is 0 Å². The number of nitrogens with zero attached hydrogens (tertiary/aromatic N) is 1. The van der Waals surface area contributed by atoms with Crippen LogP contribution in [0.1, 0.15) is 12.0 Å². The van der Waals surface area contributed by atoms with Crippen LogP contribution in [0.15, 0.2) is 22.7 Å². The molecule has 1 aromatic rings. The molecule has 0 amide bonds. The third-order valence-electron chi connectivity index (χ3n) is 3.72. The number of halogens is 1. The average molecular weight is 363 g/mol. The zero-order valence-electron chi connectivity index (χ0n) is 10.7. The molecule has 6 nitrogen and oxygen atoms in total. The molecule has 8 heteroatoms. The van der Waals surface area contributed by atoms with Crippen molar-refractivity contribution in [3.8, 4) is 0 Å². The van der Waals surface area contributed by atoms with E-state index in [9.17, 15) is 18.5 Å². The van der Waals surface area contributed by atoms with Crippen molar-refractivity contribution in [1.82, 2.24) is 0 Å². The number of rotatable bonds is 4. The Morgan fingerprint density at radius 3 is 2.60 bits per heavy atom. The predicted molar refractivity (Wildman–Crippen MR) is 79.3 cm³/mol. The molecule has 1 aliphatic rings. The van der Waals surface area contributed by atoms with Crippen LogP contribution in [0.2, 0.25) is 0 Å². The van der Waals surface area contributed by atoms with Crippen LogP contribution >= 0.6 is 15.9 Å². The van der Waals surface area contributed by atoms with Crippen molar-refractivity contribution in [2.45, 2.75) is 12.8 Å². The Morgan fingerprint density at radius 2 is 2.15 bits per heavy atom. The number of hydrogen-bond acceptors (Lipinski definition) is 5. The van der Waals surface area contributed by atoms with E-state index in [-0.39, 0.29) is 23.7 Å². The summed E-state index contributed by atoms with van der Waals surface area (Å²) in [4.78, 5) is 10.2. The van der Waals surface area contributed by atoms with Gasteiger partial charge < -0.3 is 5.73 Å². The van der Waals surface area contributed by atoms with E-state index in [2.05, 4.69) is 15.9 Å². The van der Waals surface area contributed by atoms with Gasteiger partial charge in [0.25, 0.3) is 5.69 Å². The van der Waals surface area contributed by atoms with Crippen molar-refractivity contribution in [1.29, 1.82) is 0 Å². The van der Waals surface area contributed by atoms with Crippen LogP contribution in [-0.2, 0) is 16.3 Å². The molecule has 1 saturated heterocycles. The summed E-state index contributed by atoms with van der Waals surface area (Å²) in [5, 5.41) is 10.7. The van der Waals surface area contributed by atoms with Crippen LogP contribution in [0.5, 0.6) is 0 Å². The lowest BCUT2D eigenvalue weighted by molar-refractivity contribution is -0.384. The minimum absolute atomic E-state index is 0.00136. The first kappa shape index (κ1) is 15.4. The Balaban J connectivity index is 2.27. The Morgan fingerprint density at radius 1 is 1.45 bits per heavy atom. The summed E-state index contributed by atoms with van der Waals surface area (Å²) in [6.07, 6.45) is 1.04. The van der Waals surface area contributed by atoms with Gasteiger partial charge in [0, 0.05) is 22.0 Å². The van der Waals surface area contributed by atoms with E-state index in [0.29, 0.717) is 17.3 Å². The smallest absolute Gasteiger partial charge is 0.270 e. The Kier molecular flexibility index (Phi) is 4.17. The maximum atomic E-state index is 11.7. The van der Waals surface area contributed by atoms with E-state index >= 15 is 0 Å². The first-order chi connectivity index (χ1) is 9.27. The van der Waals surface area contributed by atoms with Gasteiger partial charge in [-0.15, -0.1) is 0 Å². The molecule has 0 radical (unpaired) electrons. The molecular weight excluding hydrogens is 348 g/mol. The topological polar surface area (TPSA) is 103 Å². The molecule has 1 unspecified atom stereocenters. The number of sulfone groups is 1. The number of nitro groups is 1. The highest BCUT2D eigenvalue weighted by Crippen LogP contribution is 2.37. The zero-order chi connectivity index (χ0) is 15.0. The van der Waals surface area contributed by atoms with Crippen molar-refractivity contribution in [2.75, 3.05) is 18.1 Å². The largest absolute Gasteiger partial charge is 0.330 e. The van der Waals surface area contributed by atoms with Crippen molar-refractivity contribution in [3.05, 3.63) is 38.3 Å². The molecule has 0 aromatic heterocycles. The van der Waals surface area contributed by atoms with Crippen molar-refractivity contribution in [3.63, 3.8) is 0 Å². The molecule has 20 heavy (non-hydrogen) atoms. The molecule has 0 aliphatic carbocycles. The van der Waals surface area contributed by atoms with Gasteiger partial charge in [-0.05, 0) is 24.9 Å². The quantitative estimate of drug-likeness (QED) is 0.647. The van der Waals surface area contributed by atoms with E-state index in [0.717, 1.165) is 5.56 Å². The van der Waals surface area contributed by atoms with Gasteiger partial charge in [-0.2, -0.15) is 0 Å². The zero-order valence-corrected chi connectivity index (χ0v) is 13.1. The van der Waals surface area contributed by atoms with Gasteiger partial charge in [-0.25, -0.2) is 8.42 Å². The lowest BCUT2D eigenvalue weighted by atomic mass is 9.81. The van der Waals surface area contributed by atoms with Crippen LogP contribution in [0.25, 0.3) is 0 Å².